The molecule has 34 heavy (non-hydrogen) atoms. The Morgan fingerprint density at radius 1 is 1.18 bits per heavy atom. The summed E-state index contributed by atoms with van der Waals surface area (Å²) in [4.78, 5) is 11.2. The fraction of sp³-hybridized carbons (Fsp3) is 0.800. The summed E-state index contributed by atoms with van der Waals surface area (Å²) in [5, 5.41) is 22.6. The molecule has 4 aliphatic rings. The van der Waals surface area contributed by atoms with Crippen LogP contribution in [0.3, 0.4) is 0 Å². The molecule has 0 bridgehead atoms. The maximum Gasteiger partial charge on any atom is 0.330 e. The van der Waals surface area contributed by atoms with E-state index in [4.69, 9.17) is 5.11 Å². The summed E-state index contributed by atoms with van der Waals surface area (Å²) in [5.74, 6) is 1.66. The standard InChI is InChI=1S/C30H47NO3/c1-19(9-8-10-20(2)26(32)33)21-13-17-30(7)23-11-12-24-27(3,4)25(31-34)15-16-28(24,5)22(23)14-18-29(21,30)6/h10-11,19,21-22,24,34H,8-9,12-18H2,1-7H3,(H,32,33)/b20-10-,31-25+/t19-,21+,22+,24+,28+,29-,30+/m0/s1. The van der Waals surface area contributed by atoms with E-state index in [1.54, 1.807) is 12.5 Å². The largest absolute Gasteiger partial charge is 0.478 e. The molecule has 0 aromatic carbocycles. The number of carboxylic acids is 1. The number of fused-ring (bicyclic) bond motifs is 5. The molecule has 190 valence electrons. The molecule has 2 N–H and O–H groups in total. The van der Waals surface area contributed by atoms with Crippen molar-refractivity contribution in [3.05, 3.63) is 23.3 Å². The highest BCUT2D eigenvalue weighted by Gasteiger charge is 2.65. The second kappa shape index (κ2) is 8.52. The van der Waals surface area contributed by atoms with E-state index >= 15 is 0 Å². The van der Waals surface area contributed by atoms with Crippen LogP contribution in [0.2, 0.25) is 0 Å². The van der Waals surface area contributed by atoms with Crippen molar-refractivity contribution in [2.45, 2.75) is 106 Å². The number of oxime groups is 1. The van der Waals surface area contributed by atoms with Crippen LogP contribution in [0.15, 0.2) is 28.5 Å². The van der Waals surface area contributed by atoms with E-state index in [9.17, 15) is 10.0 Å². The van der Waals surface area contributed by atoms with Crippen LogP contribution in [-0.4, -0.2) is 22.0 Å². The summed E-state index contributed by atoms with van der Waals surface area (Å²) in [6, 6.07) is 0. The summed E-state index contributed by atoms with van der Waals surface area (Å²) in [7, 11) is 0. The molecule has 0 amide bonds. The van der Waals surface area contributed by atoms with E-state index < -0.39 is 5.97 Å². The molecule has 0 aromatic heterocycles. The third-order valence-corrected chi connectivity index (χ3v) is 11.9. The first-order valence-electron chi connectivity index (χ1n) is 13.6. The first-order valence-corrected chi connectivity index (χ1v) is 13.6. The fourth-order valence-corrected chi connectivity index (χ4v) is 9.51. The smallest absolute Gasteiger partial charge is 0.330 e. The molecule has 3 saturated carbocycles. The second-order valence-electron chi connectivity index (χ2n) is 13.5. The molecule has 0 spiro atoms. The molecular formula is C30H47NO3. The van der Waals surface area contributed by atoms with Crippen LogP contribution in [0, 0.1) is 45.3 Å². The first-order chi connectivity index (χ1) is 15.8. The zero-order valence-electron chi connectivity index (χ0n) is 22.6. The van der Waals surface area contributed by atoms with Gasteiger partial charge in [-0.25, -0.2) is 4.79 Å². The van der Waals surface area contributed by atoms with Gasteiger partial charge in [-0.3, -0.25) is 0 Å². The Bertz CT molecular complexity index is 929. The lowest BCUT2D eigenvalue weighted by Crippen LogP contribution is -2.57. The zero-order valence-corrected chi connectivity index (χ0v) is 22.6. The van der Waals surface area contributed by atoms with Gasteiger partial charge < -0.3 is 10.3 Å². The van der Waals surface area contributed by atoms with Gasteiger partial charge in [-0.2, -0.15) is 0 Å². The highest BCUT2D eigenvalue weighted by Crippen LogP contribution is 2.73. The third-order valence-electron chi connectivity index (χ3n) is 11.9. The summed E-state index contributed by atoms with van der Waals surface area (Å²) in [6.07, 6.45) is 14.7. The average Bonchev–Trinajstić information content (AvgIpc) is 3.04. The van der Waals surface area contributed by atoms with E-state index in [-0.39, 0.29) is 16.2 Å². The predicted octanol–water partition coefficient (Wildman–Crippen LogP) is 7.87. The van der Waals surface area contributed by atoms with Crippen LogP contribution in [0.4, 0.5) is 0 Å². The number of carbonyl (C=O) groups is 1. The summed E-state index contributed by atoms with van der Waals surface area (Å²) in [6.45, 7) is 16.4. The Morgan fingerprint density at radius 2 is 1.88 bits per heavy atom. The minimum absolute atomic E-state index is 0.0558. The summed E-state index contributed by atoms with van der Waals surface area (Å²) < 4.78 is 0. The lowest BCUT2D eigenvalue weighted by Gasteiger charge is -2.63. The highest BCUT2D eigenvalue weighted by molar-refractivity contribution is 5.90. The van der Waals surface area contributed by atoms with Crippen LogP contribution in [0.25, 0.3) is 0 Å². The number of hydrogen-bond acceptors (Lipinski definition) is 3. The van der Waals surface area contributed by atoms with Crippen LogP contribution in [0.1, 0.15) is 106 Å². The molecule has 7 atom stereocenters. The van der Waals surface area contributed by atoms with Crippen molar-refractivity contribution in [3.8, 4) is 0 Å². The number of allylic oxidation sites excluding steroid dienone is 3. The van der Waals surface area contributed by atoms with E-state index in [0.29, 0.717) is 34.7 Å². The van der Waals surface area contributed by atoms with Gasteiger partial charge in [0.1, 0.15) is 0 Å². The number of rotatable bonds is 5. The van der Waals surface area contributed by atoms with Crippen molar-refractivity contribution in [1.82, 2.24) is 0 Å². The highest BCUT2D eigenvalue weighted by atomic mass is 16.4. The lowest BCUT2D eigenvalue weighted by atomic mass is 9.41. The van der Waals surface area contributed by atoms with Crippen LogP contribution in [-0.2, 0) is 4.79 Å². The van der Waals surface area contributed by atoms with Gasteiger partial charge in [-0.05, 0) is 105 Å². The van der Waals surface area contributed by atoms with Gasteiger partial charge in [0.05, 0.1) is 5.71 Å². The maximum absolute atomic E-state index is 11.2. The molecule has 0 aromatic rings. The Hall–Kier alpha value is -1.58. The zero-order chi connectivity index (χ0) is 25.1. The van der Waals surface area contributed by atoms with Gasteiger partial charge in [-0.1, -0.05) is 64.4 Å². The van der Waals surface area contributed by atoms with Gasteiger partial charge >= 0.3 is 5.97 Å². The van der Waals surface area contributed by atoms with Gasteiger partial charge in [0.2, 0.25) is 0 Å². The van der Waals surface area contributed by atoms with E-state index in [1.165, 1.54) is 25.7 Å². The van der Waals surface area contributed by atoms with Crippen LogP contribution < -0.4 is 0 Å². The Labute approximate surface area is 207 Å². The summed E-state index contributed by atoms with van der Waals surface area (Å²) in [5.41, 5.74) is 3.98. The molecule has 3 fully saturated rings. The first kappa shape index (κ1) is 25.5. The van der Waals surface area contributed by atoms with Gasteiger partial charge in [-0.15, -0.1) is 0 Å². The Balaban J connectivity index is 1.59. The van der Waals surface area contributed by atoms with E-state index in [0.717, 1.165) is 37.8 Å². The minimum Gasteiger partial charge on any atom is -0.478 e. The molecule has 0 radical (unpaired) electrons. The van der Waals surface area contributed by atoms with Crippen LogP contribution >= 0.6 is 0 Å². The molecule has 4 rings (SSSR count). The van der Waals surface area contributed by atoms with Crippen molar-refractivity contribution in [2.75, 3.05) is 0 Å². The topological polar surface area (TPSA) is 69.9 Å². The molecule has 0 unspecified atom stereocenters. The molecule has 0 heterocycles. The molecular weight excluding hydrogens is 422 g/mol. The quantitative estimate of drug-likeness (QED) is 0.186. The monoisotopic (exact) mass is 469 g/mol. The third kappa shape index (κ3) is 3.53. The molecule has 4 aliphatic carbocycles. The maximum atomic E-state index is 11.2. The van der Waals surface area contributed by atoms with Crippen molar-refractivity contribution in [3.63, 3.8) is 0 Å². The number of nitrogens with zero attached hydrogens (tertiary/aromatic N) is 1. The van der Waals surface area contributed by atoms with Crippen molar-refractivity contribution in [2.24, 2.45) is 50.5 Å². The van der Waals surface area contributed by atoms with Gasteiger partial charge in [0.25, 0.3) is 0 Å². The van der Waals surface area contributed by atoms with Crippen molar-refractivity contribution < 1.29 is 15.1 Å². The van der Waals surface area contributed by atoms with Crippen molar-refractivity contribution >= 4 is 11.7 Å². The summed E-state index contributed by atoms with van der Waals surface area (Å²) >= 11 is 0. The lowest BCUT2D eigenvalue weighted by molar-refractivity contribution is -0.132. The second-order valence-corrected chi connectivity index (χ2v) is 13.5. The average molecular weight is 470 g/mol. The van der Waals surface area contributed by atoms with Gasteiger partial charge in [0.15, 0.2) is 0 Å². The predicted molar refractivity (Wildman–Crippen MR) is 138 cm³/mol. The van der Waals surface area contributed by atoms with Gasteiger partial charge in [0, 0.05) is 11.0 Å². The fourth-order valence-electron chi connectivity index (χ4n) is 9.51. The molecule has 0 aliphatic heterocycles. The number of carboxylic acid groups (broad SMARTS) is 1. The Morgan fingerprint density at radius 3 is 2.53 bits per heavy atom. The Kier molecular flexibility index (Phi) is 6.39. The van der Waals surface area contributed by atoms with Crippen molar-refractivity contribution in [1.29, 1.82) is 0 Å². The SMILES string of the molecule is C/C(=C/CC[C@H](C)[C@H]1CC[C@]2(C)C3=CC[C@@H]4C(C)(C)/C(=N/O)CC[C@]4(C)[C@@H]3CC[C@@]12C)C(=O)O. The molecule has 4 nitrogen and oxygen atoms in total. The van der Waals surface area contributed by atoms with Crippen LogP contribution in [0.5, 0.6) is 0 Å². The minimum atomic E-state index is -0.800. The number of aliphatic carboxylic acids is 1. The number of hydrogen-bond donors (Lipinski definition) is 2. The van der Waals surface area contributed by atoms with E-state index in [2.05, 4.69) is 52.8 Å². The molecule has 0 saturated heterocycles. The molecule has 4 heteroatoms. The normalized spacial score (nSPS) is 43.5. The van der Waals surface area contributed by atoms with E-state index in [1.807, 2.05) is 6.08 Å².